The normalized spacial score (nSPS) is 9.90. The van der Waals surface area contributed by atoms with Crippen LogP contribution in [0.5, 0.6) is 5.75 Å². The summed E-state index contributed by atoms with van der Waals surface area (Å²) in [6.45, 7) is 2.17. The largest absolute Gasteiger partial charge is 0.481 e. The van der Waals surface area contributed by atoms with Gasteiger partial charge in [-0.15, -0.1) is 0 Å². The molecule has 0 aliphatic rings. The highest BCUT2D eigenvalue weighted by molar-refractivity contribution is 5.77. The van der Waals surface area contributed by atoms with E-state index >= 15 is 0 Å². The fraction of sp³-hybridized carbons (Fsp3) is 0.429. The molecule has 0 radical (unpaired) electrons. The quantitative estimate of drug-likeness (QED) is 0.582. The van der Waals surface area contributed by atoms with Crippen LogP contribution in [0.25, 0.3) is 0 Å². The van der Waals surface area contributed by atoms with Crippen molar-refractivity contribution in [1.29, 1.82) is 0 Å². The topological polar surface area (TPSA) is 64.6 Å². The van der Waals surface area contributed by atoms with Gasteiger partial charge in [-0.25, -0.2) is 4.39 Å². The summed E-state index contributed by atoms with van der Waals surface area (Å²) in [6.07, 6.45) is 0.743. The molecule has 0 aliphatic carbocycles. The zero-order chi connectivity index (χ0) is 14.8. The van der Waals surface area contributed by atoms with E-state index in [2.05, 4.69) is 5.32 Å². The Labute approximate surface area is 117 Å². The van der Waals surface area contributed by atoms with Gasteiger partial charge in [0.15, 0.2) is 18.2 Å². The second-order valence-corrected chi connectivity index (χ2v) is 3.98. The third-order valence-electron chi connectivity index (χ3n) is 2.38. The lowest BCUT2D eigenvalue weighted by Gasteiger charge is -2.08. The Kier molecular flexibility index (Phi) is 7.10. The van der Waals surface area contributed by atoms with Crippen LogP contribution in [0.15, 0.2) is 24.3 Å². The van der Waals surface area contributed by atoms with Crippen molar-refractivity contribution in [2.45, 2.75) is 19.8 Å². The molecule has 5 nitrogen and oxygen atoms in total. The highest BCUT2D eigenvalue weighted by Gasteiger charge is 2.06. The van der Waals surface area contributed by atoms with Crippen molar-refractivity contribution in [2.24, 2.45) is 0 Å². The molecule has 0 saturated heterocycles. The molecule has 0 saturated carbocycles. The Balaban J connectivity index is 2.15. The molecule has 1 rings (SSSR count). The van der Waals surface area contributed by atoms with Crippen molar-refractivity contribution in [3.05, 3.63) is 30.1 Å². The Morgan fingerprint density at radius 3 is 2.75 bits per heavy atom. The highest BCUT2D eigenvalue weighted by Crippen LogP contribution is 2.14. The summed E-state index contributed by atoms with van der Waals surface area (Å²) in [6, 6.07) is 5.86. The third kappa shape index (κ3) is 6.17. The Bertz CT molecular complexity index is 451. The minimum Gasteiger partial charge on any atom is -0.481 e. The maximum Gasteiger partial charge on any atom is 0.305 e. The Morgan fingerprint density at radius 1 is 1.30 bits per heavy atom. The van der Waals surface area contributed by atoms with Crippen molar-refractivity contribution >= 4 is 11.9 Å². The van der Waals surface area contributed by atoms with Crippen LogP contribution >= 0.6 is 0 Å². The van der Waals surface area contributed by atoms with Gasteiger partial charge in [-0.05, 0) is 25.5 Å². The van der Waals surface area contributed by atoms with E-state index in [4.69, 9.17) is 9.47 Å². The number of nitrogens with one attached hydrogen (secondary N) is 1. The first kappa shape index (κ1) is 15.9. The second-order valence-electron chi connectivity index (χ2n) is 3.98. The maximum atomic E-state index is 13.2. The molecule has 1 N–H and O–H groups in total. The van der Waals surface area contributed by atoms with E-state index in [0.717, 1.165) is 0 Å². The SMILES string of the molecule is CCOC(=O)CCCNC(=O)COc1ccccc1F. The van der Waals surface area contributed by atoms with E-state index in [1.807, 2.05) is 0 Å². The van der Waals surface area contributed by atoms with E-state index in [-0.39, 0.29) is 30.7 Å². The predicted octanol–water partition coefficient (Wildman–Crippen LogP) is 1.66. The standard InChI is InChI=1S/C14H18FNO4/c1-2-19-14(18)8-5-9-16-13(17)10-20-12-7-4-3-6-11(12)15/h3-4,6-7H,2,5,8-10H2,1H3,(H,16,17). The zero-order valence-electron chi connectivity index (χ0n) is 11.4. The molecule has 110 valence electrons. The molecule has 0 aromatic heterocycles. The lowest BCUT2D eigenvalue weighted by molar-refractivity contribution is -0.143. The molecule has 1 amide bonds. The zero-order valence-corrected chi connectivity index (χ0v) is 11.4. The van der Waals surface area contributed by atoms with E-state index in [1.54, 1.807) is 13.0 Å². The smallest absolute Gasteiger partial charge is 0.305 e. The van der Waals surface area contributed by atoms with E-state index in [1.165, 1.54) is 18.2 Å². The molecule has 0 atom stereocenters. The van der Waals surface area contributed by atoms with Gasteiger partial charge in [0.2, 0.25) is 0 Å². The lowest BCUT2D eigenvalue weighted by Crippen LogP contribution is -2.30. The molecular weight excluding hydrogens is 265 g/mol. The lowest BCUT2D eigenvalue weighted by atomic mass is 10.3. The van der Waals surface area contributed by atoms with Crippen molar-refractivity contribution in [2.75, 3.05) is 19.8 Å². The number of rotatable bonds is 8. The molecule has 0 bridgehead atoms. The number of para-hydroxylation sites is 1. The maximum absolute atomic E-state index is 13.2. The van der Waals surface area contributed by atoms with E-state index < -0.39 is 5.82 Å². The van der Waals surface area contributed by atoms with Gasteiger partial charge in [-0.1, -0.05) is 12.1 Å². The van der Waals surface area contributed by atoms with Crippen LogP contribution in [0.4, 0.5) is 4.39 Å². The number of ether oxygens (including phenoxy) is 2. The number of halogens is 1. The molecule has 0 unspecified atom stereocenters. The molecular formula is C14H18FNO4. The first-order chi connectivity index (χ1) is 9.63. The number of benzene rings is 1. The van der Waals surface area contributed by atoms with Crippen molar-refractivity contribution in [1.82, 2.24) is 5.32 Å². The summed E-state index contributed by atoms with van der Waals surface area (Å²) in [7, 11) is 0. The summed E-state index contributed by atoms with van der Waals surface area (Å²) >= 11 is 0. The van der Waals surface area contributed by atoms with Gasteiger partial charge in [-0.3, -0.25) is 9.59 Å². The van der Waals surface area contributed by atoms with Gasteiger partial charge < -0.3 is 14.8 Å². The fourth-order valence-corrected chi connectivity index (χ4v) is 1.45. The van der Waals surface area contributed by atoms with Crippen LogP contribution in [-0.4, -0.2) is 31.6 Å². The first-order valence-electron chi connectivity index (χ1n) is 6.43. The molecule has 6 heteroatoms. The minimum absolute atomic E-state index is 0.0363. The van der Waals surface area contributed by atoms with Gasteiger partial charge in [-0.2, -0.15) is 0 Å². The summed E-state index contributed by atoms with van der Waals surface area (Å²) < 4.78 is 23.0. The van der Waals surface area contributed by atoms with Crippen LogP contribution in [0, 0.1) is 5.82 Å². The average Bonchev–Trinajstić information content (AvgIpc) is 2.43. The highest BCUT2D eigenvalue weighted by atomic mass is 19.1. The first-order valence-corrected chi connectivity index (χ1v) is 6.43. The number of hydrogen-bond acceptors (Lipinski definition) is 4. The van der Waals surface area contributed by atoms with Crippen molar-refractivity contribution in [3.63, 3.8) is 0 Å². The number of esters is 1. The van der Waals surface area contributed by atoms with Crippen LogP contribution in [0.2, 0.25) is 0 Å². The predicted molar refractivity (Wildman–Crippen MR) is 70.8 cm³/mol. The third-order valence-corrected chi connectivity index (χ3v) is 2.38. The molecule has 0 spiro atoms. The molecule has 1 aromatic carbocycles. The number of amides is 1. The van der Waals surface area contributed by atoms with Crippen LogP contribution in [0.1, 0.15) is 19.8 Å². The molecule has 0 heterocycles. The second kappa shape index (κ2) is 8.90. The molecule has 0 fully saturated rings. The summed E-state index contributed by atoms with van der Waals surface area (Å²) in [4.78, 5) is 22.5. The average molecular weight is 283 g/mol. The molecule has 0 aliphatic heterocycles. The van der Waals surface area contributed by atoms with Crippen molar-refractivity contribution < 1.29 is 23.5 Å². The van der Waals surface area contributed by atoms with Crippen LogP contribution < -0.4 is 10.1 Å². The number of carbonyl (C=O) groups is 2. The summed E-state index contributed by atoms with van der Waals surface area (Å²) in [5, 5.41) is 2.58. The number of hydrogen-bond donors (Lipinski definition) is 1. The Hall–Kier alpha value is -2.11. The van der Waals surface area contributed by atoms with Gasteiger partial charge in [0.1, 0.15) is 0 Å². The van der Waals surface area contributed by atoms with Gasteiger partial charge in [0.05, 0.1) is 6.61 Å². The van der Waals surface area contributed by atoms with E-state index in [0.29, 0.717) is 19.6 Å². The van der Waals surface area contributed by atoms with Gasteiger partial charge in [0, 0.05) is 13.0 Å². The molecule has 1 aromatic rings. The van der Waals surface area contributed by atoms with E-state index in [9.17, 15) is 14.0 Å². The summed E-state index contributed by atoms with van der Waals surface area (Å²) in [5.41, 5.74) is 0. The van der Waals surface area contributed by atoms with Crippen molar-refractivity contribution in [3.8, 4) is 5.75 Å². The van der Waals surface area contributed by atoms with Crippen LogP contribution in [0.3, 0.4) is 0 Å². The monoisotopic (exact) mass is 283 g/mol. The van der Waals surface area contributed by atoms with Gasteiger partial charge >= 0.3 is 5.97 Å². The Morgan fingerprint density at radius 2 is 2.05 bits per heavy atom. The summed E-state index contributed by atoms with van der Waals surface area (Å²) in [5.74, 6) is -1.13. The van der Waals surface area contributed by atoms with Crippen LogP contribution in [-0.2, 0) is 14.3 Å². The fourth-order valence-electron chi connectivity index (χ4n) is 1.45. The minimum atomic E-state index is -0.511. The number of carbonyl (C=O) groups excluding carboxylic acids is 2. The molecule has 20 heavy (non-hydrogen) atoms. The van der Waals surface area contributed by atoms with Gasteiger partial charge in [0.25, 0.3) is 5.91 Å².